The zero-order valence-electron chi connectivity index (χ0n) is 14.9. The van der Waals surface area contributed by atoms with Crippen molar-refractivity contribution >= 4 is 11.8 Å². The number of amides is 2. The largest absolute Gasteiger partial charge is 0.380 e. The number of carbonyl (C=O) groups excluding carboxylic acids is 2. The molecular formula is C18H28N2O3. The molecule has 0 fully saturated rings. The first kappa shape index (κ1) is 19.2. The van der Waals surface area contributed by atoms with Crippen molar-refractivity contribution in [1.29, 1.82) is 0 Å². The molecule has 0 radical (unpaired) electrons. The molecule has 0 aliphatic heterocycles. The van der Waals surface area contributed by atoms with Crippen molar-refractivity contribution in [2.45, 2.75) is 34.3 Å². The smallest absolute Gasteiger partial charge is 0.253 e. The lowest BCUT2D eigenvalue weighted by Crippen LogP contribution is -2.32. The molecule has 0 spiro atoms. The zero-order valence-corrected chi connectivity index (χ0v) is 14.9. The van der Waals surface area contributed by atoms with Gasteiger partial charge in [-0.05, 0) is 51.5 Å². The molecule has 0 atom stereocenters. The van der Waals surface area contributed by atoms with E-state index in [4.69, 9.17) is 4.74 Å². The molecule has 1 aromatic rings. The van der Waals surface area contributed by atoms with Crippen LogP contribution in [0, 0.1) is 0 Å². The molecule has 0 bridgehead atoms. The molecular weight excluding hydrogens is 292 g/mol. The van der Waals surface area contributed by atoms with E-state index in [1.807, 2.05) is 39.8 Å². The van der Waals surface area contributed by atoms with Gasteiger partial charge in [-0.3, -0.25) is 9.59 Å². The fourth-order valence-electron chi connectivity index (χ4n) is 2.58. The van der Waals surface area contributed by atoms with Gasteiger partial charge in [-0.15, -0.1) is 0 Å². The van der Waals surface area contributed by atoms with Gasteiger partial charge in [-0.1, -0.05) is 0 Å². The summed E-state index contributed by atoms with van der Waals surface area (Å²) in [5, 5.41) is 0. The lowest BCUT2D eigenvalue weighted by Gasteiger charge is -2.22. The highest BCUT2D eigenvalue weighted by Crippen LogP contribution is 2.16. The number of benzene rings is 1. The lowest BCUT2D eigenvalue weighted by molar-refractivity contribution is 0.0771. The van der Waals surface area contributed by atoms with Crippen LogP contribution >= 0.6 is 0 Å². The zero-order chi connectivity index (χ0) is 17.4. The minimum absolute atomic E-state index is 0.0541. The number of ether oxygens (including phenoxy) is 1. The van der Waals surface area contributed by atoms with E-state index >= 15 is 0 Å². The van der Waals surface area contributed by atoms with Crippen LogP contribution in [0.1, 0.15) is 54.0 Å². The summed E-state index contributed by atoms with van der Waals surface area (Å²) in [6.45, 7) is 10.7. The first-order valence-corrected chi connectivity index (χ1v) is 8.23. The average molecular weight is 320 g/mol. The van der Waals surface area contributed by atoms with Crippen LogP contribution in [0.2, 0.25) is 0 Å². The van der Waals surface area contributed by atoms with Crippen LogP contribution in [0.15, 0.2) is 18.2 Å². The van der Waals surface area contributed by atoms with Crippen LogP contribution < -0.4 is 0 Å². The van der Waals surface area contributed by atoms with Gasteiger partial charge in [-0.2, -0.15) is 0 Å². The van der Waals surface area contributed by atoms with E-state index in [1.165, 1.54) is 0 Å². The monoisotopic (exact) mass is 320 g/mol. The second kappa shape index (κ2) is 9.30. The van der Waals surface area contributed by atoms with Crippen molar-refractivity contribution in [1.82, 2.24) is 9.80 Å². The molecule has 5 nitrogen and oxygen atoms in total. The second-order valence-corrected chi connectivity index (χ2v) is 5.31. The Balaban J connectivity index is 3.26. The third-order valence-corrected chi connectivity index (χ3v) is 3.90. The first-order valence-electron chi connectivity index (χ1n) is 8.23. The van der Waals surface area contributed by atoms with E-state index in [1.54, 1.807) is 23.0 Å². The number of hydrogen-bond acceptors (Lipinski definition) is 3. The molecule has 0 aromatic heterocycles. The van der Waals surface area contributed by atoms with E-state index in [9.17, 15) is 9.59 Å². The van der Waals surface area contributed by atoms with Crippen molar-refractivity contribution in [3.05, 3.63) is 34.9 Å². The maximum atomic E-state index is 12.6. The van der Waals surface area contributed by atoms with E-state index in [-0.39, 0.29) is 11.8 Å². The highest BCUT2D eigenvalue weighted by molar-refractivity contribution is 6.00. The van der Waals surface area contributed by atoms with Gasteiger partial charge in [0.1, 0.15) is 0 Å². The number of rotatable bonds is 8. The third-order valence-electron chi connectivity index (χ3n) is 3.90. The third kappa shape index (κ3) is 4.79. The van der Waals surface area contributed by atoms with Gasteiger partial charge >= 0.3 is 0 Å². The number of carbonyl (C=O) groups is 2. The van der Waals surface area contributed by atoms with Crippen molar-refractivity contribution in [3.63, 3.8) is 0 Å². The first-order chi connectivity index (χ1) is 11.0. The maximum absolute atomic E-state index is 12.6. The van der Waals surface area contributed by atoms with Gasteiger partial charge < -0.3 is 14.5 Å². The number of nitrogens with zero attached hydrogens (tertiary/aromatic N) is 2. The molecule has 0 unspecified atom stereocenters. The molecule has 128 valence electrons. The summed E-state index contributed by atoms with van der Waals surface area (Å²) in [5.41, 5.74) is 1.92. The SMILES string of the molecule is CCN(CC)C(=O)c1cc(COC)cc(C(=O)N(CC)CC)c1. The van der Waals surface area contributed by atoms with Gasteiger partial charge in [0, 0.05) is 44.4 Å². The predicted octanol–water partition coefficient (Wildman–Crippen LogP) is 2.80. The predicted molar refractivity (Wildman–Crippen MR) is 91.7 cm³/mol. The molecule has 1 aromatic carbocycles. The Hall–Kier alpha value is -1.88. The van der Waals surface area contributed by atoms with Crippen LogP contribution in [0.4, 0.5) is 0 Å². The fourth-order valence-corrected chi connectivity index (χ4v) is 2.58. The summed E-state index contributed by atoms with van der Waals surface area (Å²) < 4.78 is 5.17. The number of hydrogen-bond donors (Lipinski definition) is 0. The average Bonchev–Trinajstić information content (AvgIpc) is 2.56. The molecule has 0 saturated carbocycles. The van der Waals surface area contributed by atoms with E-state index in [2.05, 4.69) is 0 Å². The quantitative estimate of drug-likeness (QED) is 0.740. The van der Waals surface area contributed by atoms with Crippen LogP contribution in [0.5, 0.6) is 0 Å². The lowest BCUT2D eigenvalue weighted by atomic mass is 10.0. The molecule has 0 aliphatic carbocycles. The highest BCUT2D eigenvalue weighted by atomic mass is 16.5. The van der Waals surface area contributed by atoms with Crippen LogP contribution in [0.3, 0.4) is 0 Å². The van der Waals surface area contributed by atoms with Crippen LogP contribution in [0.25, 0.3) is 0 Å². The fraction of sp³-hybridized carbons (Fsp3) is 0.556. The van der Waals surface area contributed by atoms with Crippen LogP contribution in [-0.2, 0) is 11.3 Å². The standard InChI is InChI=1S/C18H28N2O3/c1-6-19(7-2)17(21)15-10-14(13-23-5)11-16(12-15)18(22)20(8-3)9-4/h10-12H,6-9,13H2,1-5H3. The van der Waals surface area contributed by atoms with Gasteiger partial charge in [0.25, 0.3) is 11.8 Å². The van der Waals surface area contributed by atoms with E-state index in [0.717, 1.165) is 5.56 Å². The molecule has 0 saturated heterocycles. The number of methoxy groups -OCH3 is 1. The molecule has 2 amide bonds. The highest BCUT2D eigenvalue weighted by Gasteiger charge is 2.18. The summed E-state index contributed by atoms with van der Waals surface area (Å²) in [7, 11) is 1.60. The van der Waals surface area contributed by atoms with Crippen LogP contribution in [-0.4, -0.2) is 54.9 Å². The van der Waals surface area contributed by atoms with E-state index < -0.39 is 0 Å². The summed E-state index contributed by atoms with van der Waals surface area (Å²) in [4.78, 5) is 28.7. The summed E-state index contributed by atoms with van der Waals surface area (Å²) in [5.74, 6) is -0.108. The Kier molecular flexibility index (Phi) is 7.75. The van der Waals surface area contributed by atoms with Gasteiger partial charge in [-0.25, -0.2) is 0 Å². The Bertz CT molecular complexity index is 493. The molecule has 5 heteroatoms. The molecule has 0 N–H and O–H groups in total. The van der Waals surface area contributed by atoms with Crippen molar-refractivity contribution in [2.24, 2.45) is 0 Å². The van der Waals surface area contributed by atoms with Crippen molar-refractivity contribution in [3.8, 4) is 0 Å². The van der Waals surface area contributed by atoms with Crippen molar-refractivity contribution < 1.29 is 14.3 Å². The van der Waals surface area contributed by atoms with Gasteiger partial charge in [0.2, 0.25) is 0 Å². The minimum Gasteiger partial charge on any atom is -0.380 e. The minimum atomic E-state index is -0.0541. The second-order valence-electron chi connectivity index (χ2n) is 5.31. The molecule has 0 aliphatic rings. The summed E-state index contributed by atoms with van der Waals surface area (Å²) in [6, 6.07) is 5.31. The van der Waals surface area contributed by atoms with Gasteiger partial charge in [0.05, 0.1) is 6.61 Å². The summed E-state index contributed by atoms with van der Waals surface area (Å²) >= 11 is 0. The van der Waals surface area contributed by atoms with E-state index in [0.29, 0.717) is 43.9 Å². The maximum Gasteiger partial charge on any atom is 0.253 e. The molecule has 23 heavy (non-hydrogen) atoms. The Morgan fingerprint density at radius 3 is 1.52 bits per heavy atom. The van der Waals surface area contributed by atoms with Gasteiger partial charge in [0.15, 0.2) is 0 Å². The Morgan fingerprint density at radius 2 is 1.22 bits per heavy atom. The summed E-state index contributed by atoms with van der Waals surface area (Å²) in [6.07, 6.45) is 0. The molecule has 0 heterocycles. The Labute approximate surface area is 139 Å². The topological polar surface area (TPSA) is 49.9 Å². The Morgan fingerprint density at radius 1 is 0.826 bits per heavy atom. The normalized spacial score (nSPS) is 10.5. The van der Waals surface area contributed by atoms with Crippen molar-refractivity contribution in [2.75, 3.05) is 33.3 Å². The molecule has 1 rings (SSSR count).